The van der Waals surface area contributed by atoms with E-state index in [1.807, 2.05) is 0 Å². The Balaban J connectivity index is 0.000000139. The van der Waals surface area contributed by atoms with Crippen LogP contribution in [0.4, 0.5) is 0 Å². The topological polar surface area (TPSA) is 0 Å². The maximum Gasteiger partial charge on any atom is -0.0178 e. The summed E-state index contributed by atoms with van der Waals surface area (Å²) in [6.45, 7) is 0. The van der Waals surface area contributed by atoms with Gasteiger partial charge in [-0.05, 0) is 21.7 Å². The Kier molecular flexibility index (Phi) is 18.5. The van der Waals surface area contributed by atoms with Crippen LogP contribution in [0, 0.1) is 0 Å². The third kappa shape index (κ3) is 12.5. The largest absolute Gasteiger partial charge is 0.0610 e. The molecule has 0 saturated heterocycles. The van der Waals surface area contributed by atoms with Gasteiger partial charge >= 0.3 is 687 Å². The molecule has 0 aliphatic heterocycles. The van der Waals surface area contributed by atoms with Crippen LogP contribution in [0.1, 0.15) is 0 Å². The van der Waals surface area contributed by atoms with Crippen molar-refractivity contribution in [1.82, 2.24) is 0 Å². The van der Waals surface area contributed by atoms with Gasteiger partial charge in [0.15, 0.2) is 0 Å². The van der Waals surface area contributed by atoms with Gasteiger partial charge in [0, 0.05) is 0 Å². The zero-order valence-corrected chi connectivity index (χ0v) is 76.4. The van der Waals surface area contributed by atoms with Crippen LogP contribution >= 0.6 is 0 Å². The van der Waals surface area contributed by atoms with Crippen molar-refractivity contribution in [2.75, 3.05) is 0 Å². The molecule has 620 valence electrons. The number of fused-ring (bicyclic) bond motifs is 18. The van der Waals surface area contributed by atoms with Crippen LogP contribution in [-0.4, -0.2) is 29.0 Å². The molecule has 2 aromatic heterocycles. The van der Waals surface area contributed by atoms with Gasteiger partial charge in [-0.3, -0.25) is 0 Å². The molecular weight excluding hydrogens is 1740 g/mol. The number of hydrogen-bond acceptors (Lipinski definition) is 0. The van der Waals surface area contributed by atoms with Crippen molar-refractivity contribution in [3.05, 3.63) is 485 Å². The molecule has 2 heterocycles. The molecule has 2 heteroatoms. The molecule has 28 rings (SSSR count). The Hall–Kier alpha value is -16.1. The Morgan fingerprint density at radius 3 is 0.560 bits per heavy atom. The smallest absolute Gasteiger partial charge is 0.0178 e. The van der Waals surface area contributed by atoms with E-state index < -0.39 is 0 Å². The molecule has 0 nitrogen and oxygen atoms in total. The summed E-state index contributed by atoms with van der Waals surface area (Å²) in [6, 6.07) is 181. The summed E-state index contributed by atoms with van der Waals surface area (Å²) in [5, 5.41) is 36.1. The van der Waals surface area contributed by atoms with Gasteiger partial charge in [0.25, 0.3) is 0 Å². The number of benzene rings is 26. The van der Waals surface area contributed by atoms with E-state index in [9.17, 15) is 0 Å². The molecule has 0 saturated carbocycles. The van der Waals surface area contributed by atoms with Gasteiger partial charge in [-0.2, -0.15) is 0 Å². The summed E-state index contributed by atoms with van der Waals surface area (Å²) < 4.78 is 5.81. The molecule has 0 atom stereocenters. The van der Waals surface area contributed by atoms with E-state index in [0.717, 1.165) is 0 Å². The Morgan fingerprint density at radius 2 is 0.284 bits per heavy atom. The molecule has 0 aliphatic rings. The Labute approximate surface area is 786 Å². The summed E-state index contributed by atoms with van der Waals surface area (Å²) in [7, 11) is 0. The summed E-state index contributed by atoms with van der Waals surface area (Å²) in [4.78, 5) is 0. The maximum absolute atomic E-state index is 2.50. The zero-order valence-electron chi connectivity index (χ0n) is 73.0. The first-order valence-electron chi connectivity index (χ1n) is 46.3. The second-order valence-corrected chi connectivity index (χ2v) is 40.0. The molecule has 0 aliphatic carbocycles. The Morgan fingerprint density at radius 1 is 0.104 bits per heavy atom. The molecule has 0 radical (unpaired) electrons. The fourth-order valence-corrected chi connectivity index (χ4v) is 27.7. The minimum absolute atomic E-state index is 0.115. The fourth-order valence-electron chi connectivity index (χ4n) is 22.7. The molecule has 26 aromatic carbocycles. The van der Waals surface area contributed by atoms with Gasteiger partial charge in [0.2, 0.25) is 0 Å². The predicted molar refractivity (Wildman–Crippen MR) is 581 cm³/mol. The monoisotopic (exact) mass is 1820 g/mol. The summed E-state index contributed by atoms with van der Waals surface area (Å²) >= 11 is 0.253. The van der Waals surface area contributed by atoms with Crippen molar-refractivity contribution < 1.29 is 0 Å². The molecular formula is C132H80Se2. The first-order valence-corrected chi connectivity index (χ1v) is 49.8. The van der Waals surface area contributed by atoms with E-state index in [0.29, 0.717) is 0 Å². The van der Waals surface area contributed by atoms with Crippen molar-refractivity contribution in [1.29, 1.82) is 0 Å². The molecule has 0 spiro atoms. The van der Waals surface area contributed by atoms with Crippen LogP contribution in [0.5, 0.6) is 0 Å². The quantitative estimate of drug-likeness (QED) is 0.0946. The van der Waals surface area contributed by atoms with Crippen molar-refractivity contribution >= 4 is 197 Å². The van der Waals surface area contributed by atoms with Crippen molar-refractivity contribution in [3.8, 4) is 111 Å². The average Bonchev–Trinajstić information content (AvgIpc) is 1.29. The summed E-state index contributed by atoms with van der Waals surface area (Å²) in [6.07, 6.45) is 0. The normalized spacial score (nSPS) is 11.9. The summed E-state index contributed by atoms with van der Waals surface area (Å²) in [5.41, 5.74) is 25.6. The predicted octanol–water partition coefficient (Wildman–Crippen LogP) is 36.6. The molecule has 0 unspecified atom stereocenters. The minimum Gasteiger partial charge on any atom is -0.0610 e. The Bertz CT molecular complexity index is 9520. The van der Waals surface area contributed by atoms with E-state index in [-0.39, 0.29) is 29.0 Å². The van der Waals surface area contributed by atoms with Crippen LogP contribution in [-0.2, 0) is 0 Å². The SMILES string of the molecule is c1ccc2c(-c3c4ccccc4c(-c4ccc5[se]c6c(-c7c8ccccc8c(-c8cccc9ccccc89)c8ccccc78)cccc6c5c4)c4ccccc34)cccc2c1.c1ccc2c(-c3ccc(-c4c5ccccc5c(-c5ccc6[se]c7c(-c8c9ccccc9c(-c9ccc(-c%10cccc%11ccccc%10%11)cc9)c9ccccc89)cccc7c6c5)c5ccccc45)cc3)cccc2c1. The van der Waals surface area contributed by atoms with Gasteiger partial charge in [0.1, 0.15) is 0 Å². The standard InChI is InChI=1S/C72H44Se.C60H36Se/c1-3-20-52-45(16-1)18-13-30-54(52)47-34-38-49(39-35-47)68-56-22-5-7-24-58(56)70(59-25-8-6-23-57(59)68)51-42-43-67-66(44-51)64-32-15-33-65(72(64)73-67)71-62-28-11-9-26-60(62)69(61-27-10-12-29-63(61)71)50-40-36-48(37-41-50)55-31-14-19-46-17-2-4-21-53(46)55;1-3-20-40-37(16-1)18-13-30-42(40)57-46-24-7-5-22-44(46)56(45-23-6-8-25-47(45)57)39-34-35-55-54(36-39)52-32-15-33-53(60(52)61-55)59-50-28-11-9-26-48(50)58(49-27-10-12-29-51(49)59)43-31-14-19-38-17-2-4-21-41(38)43/h1-44H;1-36H. The van der Waals surface area contributed by atoms with Gasteiger partial charge in [0.05, 0.1) is 0 Å². The van der Waals surface area contributed by atoms with E-state index >= 15 is 0 Å². The average molecular weight is 1820 g/mol. The van der Waals surface area contributed by atoms with E-state index in [1.54, 1.807) is 0 Å². The van der Waals surface area contributed by atoms with Crippen LogP contribution < -0.4 is 0 Å². The van der Waals surface area contributed by atoms with Gasteiger partial charge < -0.3 is 0 Å². The number of rotatable bonds is 10. The van der Waals surface area contributed by atoms with E-state index in [1.165, 1.54) is 279 Å². The molecule has 28 aromatic rings. The van der Waals surface area contributed by atoms with Crippen LogP contribution in [0.2, 0.25) is 0 Å². The number of hydrogen-bond donors (Lipinski definition) is 0. The first-order chi connectivity index (χ1) is 66.5. The minimum atomic E-state index is 0.115. The third-order valence-corrected chi connectivity index (χ3v) is 33.6. The summed E-state index contributed by atoms with van der Waals surface area (Å²) in [5.74, 6) is 0. The molecule has 0 amide bonds. The second-order valence-electron chi connectivity index (χ2n) is 35.6. The fraction of sp³-hybridized carbons (Fsp3) is 0. The van der Waals surface area contributed by atoms with Crippen LogP contribution in [0.15, 0.2) is 485 Å². The van der Waals surface area contributed by atoms with Crippen LogP contribution in [0.25, 0.3) is 279 Å². The zero-order chi connectivity index (χ0) is 88.0. The molecule has 0 N–H and O–H groups in total. The third-order valence-electron chi connectivity index (χ3n) is 28.5. The van der Waals surface area contributed by atoms with Gasteiger partial charge in [-0.25, -0.2) is 0 Å². The first kappa shape index (κ1) is 77.8. The molecule has 134 heavy (non-hydrogen) atoms. The molecule has 0 fully saturated rings. The van der Waals surface area contributed by atoms with Crippen molar-refractivity contribution in [2.45, 2.75) is 0 Å². The second kappa shape index (κ2) is 31.9. The van der Waals surface area contributed by atoms with E-state index in [4.69, 9.17) is 0 Å². The maximum atomic E-state index is 2.50. The van der Waals surface area contributed by atoms with Crippen LogP contribution in [0.3, 0.4) is 0 Å². The van der Waals surface area contributed by atoms with Crippen molar-refractivity contribution in [3.63, 3.8) is 0 Å². The van der Waals surface area contributed by atoms with Gasteiger partial charge in [-0.15, -0.1) is 0 Å². The van der Waals surface area contributed by atoms with E-state index in [2.05, 4.69) is 485 Å². The van der Waals surface area contributed by atoms with Crippen molar-refractivity contribution in [2.24, 2.45) is 0 Å². The molecule has 0 bridgehead atoms. The van der Waals surface area contributed by atoms with Gasteiger partial charge in [-0.1, -0.05) is 84.9 Å².